The number of benzene rings is 2. The Bertz CT molecular complexity index is 879. The molecule has 1 aliphatic heterocycles. The normalized spacial score (nSPS) is 13.6. The summed E-state index contributed by atoms with van der Waals surface area (Å²) in [6.45, 7) is 1.85. The van der Waals surface area contributed by atoms with Gasteiger partial charge >= 0.3 is 0 Å². The van der Waals surface area contributed by atoms with Crippen LogP contribution in [0.25, 0.3) is 11.1 Å². The van der Waals surface area contributed by atoms with Crippen molar-refractivity contribution in [2.45, 2.75) is 13.1 Å². The van der Waals surface area contributed by atoms with Crippen LogP contribution in [-0.4, -0.2) is 27.5 Å². The minimum Gasteiger partial charge on any atom is -0.309 e. The number of amides is 1. The molecule has 0 saturated carbocycles. The van der Waals surface area contributed by atoms with Crippen molar-refractivity contribution in [2.24, 2.45) is 0 Å². The first-order valence-electron chi connectivity index (χ1n) is 8.07. The number of aromatic nitrogens is 2. The van der Waals surface area contributed by atoms with Crippen LogP contribution in [0, 0.1) is 5.82 Å². The zero-order chi connectivity index (χ0) is 17.2. The van der Waals surface area contributed by atoms with Crippen molar-refractivity contribution in [1.82, 2.24) is 15.1 Å². The van der Waals surface area contributed by atoms with Crippen molar-refractivity contribution in [1.29, 1.82) is 0 Å². The molecule has 3 aromatic rings. The molecule has 0 spiro atoms. The van der Waals surface area contributed by atoms with Gasteiger partial charge in [-0.15, -0.1) is 0 Å². The zero-order valence-corrected chi connectivity index (χ0v) is 13.5. The number of aromatic amines is 1. The van der Waals surface area contributed by atoms with Crippen molar-refractivity contribution < 1.29 is 9.18 Å². The lowest BCUT2D eigenvalue weighted by atomic mass is 10.1. The Labute approximate surface area is 144 Å². The Morgan fingerprint density at radius 1 is 1.12 bits per heavy atom. The lowest BCUT2D eigenvalue weighted by Crippen LogP contribution is -2.29. The summed E-state index contributed by atoms with van der Waals surface area (Å²) in [6, 6.07) is 14.3. The van der Waals surface area contributed by atoms with E-state index in [4.69, 9.17) is 0 Å². The molecule has 0 atom stereocenters. The lowest BCUT2D eigenvalue weighted by molar-refractivity contribution is -0.117. The van der Waals surface area contributed by atoms with Crippen LogP contribution < -0.4 is 5.32 Å². The topological polar surface area (TPSA) is 61.0 Å². The number of rotatable bonds is 4. The molecular formula is C19H17FN4O. The number of nitrogens with zero attached hydrogens (tertiary/aromatic N) is 2. The van der Waals surface area contributed by atoms with Gasteiger partial charge in [-0.3, -0.25) is 14.8 Å². The molecule has 0 radical (unpaired) electrons. The van der Waals surface area contributed by atoms with Crippen LogP contribution in [0.15, 0.2) is 54.7 Å². The van der Waals surface area contributed by atoms with E-state index in [0.717, 1.165) is 24.2 Å². The highest BCUT2D eigenvalue weighted by Gasteiger charge is 2.21. The number of halogens is 1. The zero-order valence-electron chi connectivity index (χ0n) is 13.5. The fourth-order valence-electron chi connectivity index (χ4n) is 3.13. The molecule has 0 bridgehead atoms. The molecule has 2 aromatic carbocycles. The quantitative estimate of drug-likeness (QED) is 0.769. The number of H-pyrrole nitrogens is 1. The van der Waals surface area contributed by atoms with E-state index in [1.54, 1.807) is 18.3 Å². The van der Waals surface area contributed by atoms with Gasteiger partial charge in [0, 0.05) is 18.7 Å². The lowest BCUT2D eigenvalue weighted by Gasteiger charge is -2.14. The average molecular weight is 336 g/mol. The molecule has 1 aromatic heterocycles. The minimum absolute atomic E-state index is 0.111. The minimum atomic E-state index is -0.300. The molecule has 2 N–H and O–H groups in total. The highest BCUT2D eigenvalue weighted by molar-refractivity contribution is 5.95. The molecule has 25 heavy (non-hydrogen) atoms. The molecule has 1 amide bonds. The van der Waals surface area contributed by atoms with Crippen LogP contribution in [0.3, 0.4) is 0 Å². The van der Waals surface area contributed by atoms with Gasteiger partial charge in [0.05, 0.1) is 12.7 Å². The Kier molecular flexibility index (Phi) is 4.03. The summed E-state index contributed by atoms with van der Waals surface area (Å²) in [4.78, 5) is 14.5. The third-order valence-corrected chi connectivity index (χ3v) is 4.33. The molecule has 5 nitrogen and oxygen atoms in total. The maximum absolute atomic E-state index is 13.1. The summed E-state index contributed by atoms with van der Waals surface area (Å²) >= 11 is 0. The maximum Gasteiger partial charge on any atom is 0.239 e. The first-order chi connectivity index (χ1) is 12.2. The number of hydrogen-bond donors (Lipinski definition) is 2. The predicted octanol–water partition coefficient (Wildman–Crippen LogP) is 3.17. The average Bonchev–Trinajstić information content (AvgIpc) is 3.21. The van der Waals surface area contributed by atoms with Crippen molar-refractivity contribution >= 4 is 11.7 Å². The molecule has 0 fully saturated rings. The number of fused-ring (bicyclic) bond motifs is 1. The fourth-order valence-corrected chi connectivity index (χ4v) is 3.13. The monoisotopic (exact) mass is 336 g/mol. The van der Waals surface area contributed by atoms with Crippen molar-refractivity contribution in [3.8, 4) is 11.1 Å². The summed E-state index contributed by atoms with van der Waals surface area (Å²) in [5, 5.41) is 9.65. The molecule has 2 heterocycles. The van der Waals surface area contributed by atoms with Gasteiger partial charge in [-0.2, -0.15) is 5.10 Å². The van der Waals surface area contributed by atoms with E-state index in [1.807, 2.05) is 12.1 Å². The molecule has 0 aliphatic carbocycles. The summed E-state index contributed by atoms with van der Waals surface area (Å²) in [7, 11) is 0. The SMILES string of the molecule is O=C(CN1Cc2ccccc2C1)Nc1[nH]ncc1-c1ccc(F)cc1. The van der Waals surface area contributed by atoms with Gasteiger partial charge in [0.15, 0.2) is 0 Å². The van der Waals surface area contributed by atoms with E-state index >= 15 is 0 Å². The Hall–Kier alpha value is -2.99. The number of anilines is 1. The molecule has 0 saturated heterocycles. The summed E-state index contributed by atoms with van der Waals surface area (Å²) in [5.41, 5.74) is 4.06. The van der Waals surface area contributed by atoms with Gasteiger partial charge in [-0.25, -0.2) is 4.39 Å². The largest absolute Gasteiger partial charge is 0.309 e. The van der Waals surface area contributed by atoms with Gasteiger partial charge in [0.1, 0.15) is 11.6 Å². The molecular weight excluding hydrogens is 319 g/mol. The highest BCUT2D eigenvalue weighted by atomic mass is 19.1. The van der Waals surface area contributed by atoms with Crippen LogP contribution in [0.1, 0.15) is 11.1 Å². The maximum atomic E-state index is 13.1. The van der Waals surface area contributed by atoms with E-state index in [2.05, 4.69) is 32.5 Å². The molecule has 0 unspecified atom stereocenters. The van der Waals surface area contributed by atoms with Gasteiger partial charge in [0.2, 0.25) is 5.91 Å². The van der Waals surface area contributed by atoms with E-state index in [1.165, 1.54) is 23.3 Å². The molecule has 6 heteroatoms. The van der Waals surface area contributed by atoms with Crippen molar-refractivity contribution in [2.75, 3.05) is 11.9 Å². The van der Waals surface area contributed by atoms with Crippen molar-refractivity contribution in [3.05, 3.63) is 71.7 Å². The number of hydrogen-bond acceptors (Lipinski definition) is 3. The Morgan fingerprint density at radius 2 is 1.80 bits per heavy atom. The first-order valence-corrected chi connectivity index (χ1v) is 8.07. The second kappa shape index (κ2) is 6.49. The van der Waals surface area contributed by atoms with Gasteiger partial charge in [-0.1, -0.05) is 36.4 Å². The Balaban J connectivity index is 1.43. The standard InChI is InChI=1S/C19H17FN4O/c20-16-7-5-13(6-8-16)17-9-21-23-19(17)22-18(25)12-24-10-14-3-1-2-4-15(14)11-24/h1-9H,10-12H2,(H2,21,22,23,25). The van der Waals surface area contributed by atoms with Crippen LogP contribution in [0.2, 0.25) is 0 Å². The predicted molar refractivity (Wildman–Crippen MR) is 93.2 cm³/mol. The molecule has 4 rings (SSSR count). The summed E-state index contributed by atoms with van der Waals surface area (Å²) in [6.07, 6.45) is 1.62. The van der Waals surface area contributed by atoms with Gasteiger partial charge in [-0.05, 0) is 28.8 Å². The van der Waals surface area contributed by atoms with Crippen LogP contribution >= 0.6 is 0 Å². The molecule has 126 valence electrons. The van der Waals surface area contributed by atoms with E-state index in [9.17, 15) is 9.18 Å². The van der Waals surface area contributed by atoms with E-state index in [-0.39, 0.29) is 11.7 Å². The Morgan fingerprint density at radius 3 is 2.48 bits per heavy atom. The third-order valence-electron chi connectivity index (χ3n) is 4.33. The number of nitrogens with one attached hydrogen (secondary N) is 2. The van der Waals surface area contributed by atoms with Gasteiger partial charge < -0.3 is 5.32 Å². The smallest absolute Gasteiger partial charge is 0.239 e. The highest BCUT2D eigenvalue weighted by Crippen LogP contribution is 2.26. The van der Waals surface area contributed by atoms with E-state index in [0.29, 0.717) is 12.4 Å². The van der Waals surface area contributed by atoms with Crippen LogP contribution in [0.5, 0.6) is 0 Å². The van der Waals surface area contributed by atoms with Gasteiger partial charge in [0.25, 0.3) is 0 Å². The fraction of sp³-hybridized carbons (Fsp3) is 0.158. The van der Waals surface area contributed by atoms with E-state index < -0.39 is 0 Å². The second-order valence-electron chi connectivity index (χ2n) is 6.13. The summed E-state index contributed by atoms with van der Waals surface area (Å²) in [5.74, 6) is 0.111. The second-order valence-corrected chi connectivity index (χ2v) is 6.13. The molecule has 1 aliphatic rings. The number of carbonyl (C=O) groups is 1. The van der Waals surface area contributed by atoms with Crippen LogP contribution in [-0.2, 0) is 17.9 Å². The van der Waals surface area contributed by atoms with Crippen LogP contribution in [0.4, 0.5) is 10.2 Å². The third kappa shape index (κ3) is 3.29. The summed E-state index contributed by atoms with van der Waals surface area (Å²) < 4.78 is 13.1. The number of carbonyl (C=O) groups excluding carboxylic acids is 1. The first kappa shape index (κ1) is 15.5. The van der Waals surface area contributed by atoms with Crippen molar-refractivity contribution in [3.63, 3.8) is 0 Å².